The van der Waals surface area contributed by atoms with Crippen molar-refractivity contribution < 1.29 is 14.3 Å². The highest BCUT2D eigenvalue weighted by molar-refractivity contribution is 6.30. The molecule has 5 nitrogen and oxygen atoms in total. The Balaban J connectivity index is 1.73. The second-order valence-corrected chi connectivity index (χ2v) is 8.75. The molecular formula is C27H28Cl2N2O3. The van der Waals surface area contributed by atoms with E-state index in [0.29, 0.717) is 41.8 Å². The van der Waals surface area contributed by atoms with Gasteiger partial charge in [-0.3, -0.25) is 9.59 Å². The molecule has 0 spiro atoms. The minimum atomic E-state index is -0.646. The lowest BCUT2D eigenvalue weighted by Gasteiger charge is -2.31. The second-order valence-electron chi connectivity index (χ2n) is 7.87. The molecule has 34 heavy (non-hydrogen) atoms. The van der Waals surface area contributed by atoms with E-state index < -0.39 is 6.04 Å². The van der Waals surface area contributed by atoms with Crippen molar-refractivity contribution in [3.63, 3.8) is 0 Å². The Morgan fingerprint density at radius 1 is 0.882 bits per heavy atom. The third-order valence-electron chi connectivity index (χ3n) is 5.40. The number of carbonyl (C=O) groups excluding carboxylic acids is 2. The molecular weight excluding hydrogens is 471 g/mol. The normalized spacial score (nSPS) is 11.5. The average Bonchev–Trinajstić information content (AvgIpc) is 2.86. The molecule has 3 rings (SSSR count). The summed E-state index contributed by atoms with van der Waals surface area (Å²) in [4.78, 5) is 27.9. The lowest BCUT2D eigenvalue weighted by atomic mass is 10.0. The van der Waals surface area contributed by atoms with Gasteiger partial charge in [0.05, 0.1) is 6.61 Å². The second kappa shape index (κ2) is 13.0. The molecule has 0 heterocycles. The Labute approximate surface area is 210 Å². The van der Waals surface area contributed by atoms with Crippen molar-refractivity contribution in [2.75, 3.05) is 13.7 Å². The number of amides is 2. The van der Waals surface area contributed by atoms with Gasteiger partial charge in [-0.25, -0.2) is 0 Å². The molecule has 1 N–H and O–H groups in total. The summed E-state index contributed by atoms with van der Waals surface area (Å²) in [6.45, 7) is 0.685. The number of rotatable bonds is 11. The van der Waals surface area contributed by atoms with Gasteiger partial charge in [0.1, 0.15) is 11.8 Å². The van der Waals surface area contributed by atoms with E-state index in [4.69, 9.17) is 27.9 Å². The fourth-order valence-corrected chi connectivity index (χ4v) is 3.85. The molecule has 0 aliphatic rings. The molecule has 0 saturated heterocycles. The molecule has 0 saturated carbocycles. The zero-order chi connectivity index (χ0) is 24.3. The lowest BCUT2D eigenvalue weighted by molar-refractivity contribution is -0.141. The van der Waals surface area contributed by atoms with Gasteiger partial charge in [-0.05, 0) is 53.9 Å². The molecule has 3 aromatic rings. The van der Waals surface area contributed by atoms with Crippen LogP contribution in [0, 0.1) is 0 Å². The molecule has 0 aliphatic heterocycles. The van der Waals surface area contributed by atoms with E-state index >= 15 is 0 Å². The number of nitrogens with zero attached hydrogens (tertiary/aromatic N) is 1. The summed E-state index contributed by atoms with van der Waals surface area (Å²) in [5, 5.41) is 3.98. The number of nitrogens with one attached hydrogen (secondary N) is 1. The first-order valence-electron chi connectivity index (χ1n) is 11.1. The van der Waals surface area contributed by atoms with Crippen molar-refractivity contribution in [1.82, 2.24) is 10.2 Å². The molecule has 1 atom stereocenters. The van der Waals surface area contributed by atoms with Gasteiger partial charge in [0.15, 0.2) is 0 Å². The Morgan fingerprint density at radius 3 is 2.12 bits per heavy atom. The Bertz CT molecular complexity index is 1060. The summed E-state index contributed by atoms with van der Waals surface area (Å²) < 4.78 is 5.72. The van der Waals surface area contributed by atoms with Crippen LogP contribution in [0.25, 0.3) is 0 Å². The maximum atomic E-state index is 13.4. The monoisotopic (exact) mass is 498 g/mol. The third kappa shape index (κ3) is 7.79. The van der Waals surface area contributed by atoms with Gasteiger partial charge in [-0.15, -0.1) is 0 Å². The molecule has 0 radical (unpaired) electrons. The highest BCUT2D eigenvalue weighted by atomic mass is 35.5. The summed E-state index contributed by atoms with van der Waals surface area (Å²) in [7, 11) is 1.59. The van der Waals surface area contributed by atoms with Crippen LogP contribution < -0.4 is 10.1 Å². The number of carbonyl (C=O) groups is 2. The smallest absolute Gasteiger partial charge is 0.242 e. The predicted molar refractivity (Wildman–Crippen MR) is 136 cm³/mol. The van der Waals surface area contributed by atoms with Gasteiger partial charge in [0.25, 0.3) is 0 Å². The number of hydrogen-bond acceptors (Lipinski definition) is 3. The van der Waals surface area contributed by atoms with Gasteiger partial charge < -0.3 is 15.0 Å². The molecule has 0 bridgehead atoms. The molecule has 1 unspecified atom stereocenters. The fraction of sp³-hybridized carbons (Fsp3) is 0.259. The summed E-state index contributed by atoms with van der Waals surface area (Å²) in [5.41, 5.74) is 1.88. The first-order valence-corrected chi connectivity index (χ1v) is 11.9. The van der Waals surface area contributed by atoms with E-state index in [0.717, 1.165) is 11.1 Å². The number of hydrogen-bond donors (Lipinski definition) is 1. The van der Waals surface area contributed by atoms with Gasteiger partial charge in [0, 0.05) is 36.5 Å². The summed E-state index contributed by atoms with van der Waals surface area (Å²) in [6.07, 6.45) is 1.19. The Hall–Kier alpha value is -3.02. The van der Waals surface area contributed by atoms with E-state index in [1.54, 1.807) is 48.3 Å². The zero-order valence-corrected chi connectivity index (χ0v) is 20.6. The van der Waals surface area contributed by atoms with E-state index in [1.807, 2.05) is 42.5 Å². The number of likely N-dealkylation sites (N-methyl/N-ethyl adjacent to an activating group) is 1. The van der Waals surface area contributed by atoms with Gasteiger partial charge >= 0.3 is 0 Å². The highest BCUT2D eigenvalue weighted by Crippen LogP contribution is 2.19. The number of halogens is 2. The largest absolute Gasteiger partial charge is 0.494 e. The van der Waals surface area contributed by atoms with Crippen molar-refractivity contribution in [3.05, 3.63) is 100 Å². The molecule has 3 aromatic carbocycles. The SMILES string of the molecule is CNC(=O)C(Cc1ccccc1)N(Cc1ccc(Cl)cc1)C(=O)CCCOc1ccc(Cl)cc1. The Morgan fingerprint density at radius 2 is 1.50 bits per heavy atom. The molecule has 0 fully saturated rings. The van der Waals surface area contributed by atoms with E-state index in [-0.39, 0.29) is 18.2 Å². The van der Waals surface area contributed by atoms with Crippen LogP contribution in [0.3, 0.4) is 0 Å². The van der Waals surface area contributed by atoms with Crippen LogP contribution in [-0.4, -0.2) is 36.4 Å². The minimum absolute atomic E-state index is 0.112. The summed E-state index contributed by atoms with van der Waals surface area (Å²) >= 11 is 11.9. The standard InChI is InChI=1S/C27H28Cl2N2O3/c1-30-27(33)25(18-20-6-3-2-4-7-20)31(19-21-9-11-22(28)12-10-21)26(32)8-5-17-34-24-15-13-23(29)14-16-24/h2-4,6-7,9-16,25H,5,8,17-19H2,1H3,(H,30,33). The van der Waals surface area contributed by atoms with Gasteiger partial charge in [-0.2, -0.15) is 0 Å². The van der Waals surface area contributed by atoms with Crippen molar-refractivity contribution >= 4 is 35.0 Å². The number of benzene rings is 3. The zero-order valence-electron chi connectivity index (χ0n) is 19.0. The van der Waals surface area contributed by atoms with Crippen molar-refractivity contribution in [3.8, 4) is 5.75 Å². The fourth-order valence-electron chi connectivity index (χ4n) is 3.59. The van der Waals surface area contributed by atoms with E-state index in [2.05, 4.69) is 5.32 Å². The maximum absolute atomic E-state index is 13.4. The van der Waals surface area contributed by atoms with Crippen LogP contribution >= 0.6 is 23.2 Å². The summed E-state index contributed by atoms with van der Waals surface area (Å²) in [6, 6.07) is 23.5. The summed E-state index contributed by atoms with van der Waals surface area (Å²) in [5.74, 6) is 0.380. The molecule has 0 aliphatic carbocycles. The first-order chi connectivity index (χ1) is 16.5. The van der Waals surface area contributed by atoms with Crippen molar-refractivity contribution in [1.29, 1.82) is 0 Å². The topological polar surface area (TPSA) is 58.6 Å². The van der Waals surface area contributed by atoms with Crippen LogP contribution in [-0.2, 0) is 22.6 Å². The quantitative estimate of drug-likeness (QED) is 0.353. The lowest BCUT2D eigenvalue weighted by Crippen LogP contribution is -2.49. The van der Waals surface area contributed by atoms with Crippen molar-refractivity contribution in [2.24, 2.45) is 0 Å². The predicted octanol–water partition coefficient (Wildman–Crippen LogP) is 5.54. The molecule has 2 amide bonds. The van der Waals surface area contributed by atoms with E-state index in [1.165, 1.54) is 0 Å². The third-order valence-corrected chi connectivity index (χ3v) is 5.90. The Kier molecular flexibility index (Phi) is 9.80. The molecule has 0 aromatic heterocycles. The average molecular weight is 499 g/mol. The van der Waals surface area contributed by atoms with E-state index in [9.17, 15) is 9.59 Å². The van der Waals surface area contributed by atoms with Crippen LogP contribution in [0.15, 0.2) is 78.9 Å². The van der Waals surface area contributed by atoms with Gasteiger partial charge in [-0.1, -0.05) is 65.7 Å². The van der Waals surface area contributed by atoms with Crippen LogP contribution in [0.4, 0.5) is 0 Å². The number of ether oxygens (including phenoxy) is 1. The molecule has 7 heteroatoms. The minimum Gasteiger partial charge on any atom is -0.494 e. The molecule has 178 valence electrons. The first kappa shape index (κ1) is 25.6. The maximum Gasteiger partial charge on any atom is 0.242 e. The van der Waals surface area contributed by atoms with Gasteiger partial charge in [0.2, 0.25) is 11.8 Å². The van der Waals surface area contributed by atoms with Crippen LogP contribution in [0.1, 0.15) is 24.0 Å². The van der Waals surface area contributed by atoms with Crippen molar-refractivity contribution in [2.45, 2.75) is 31.8 Å². The van der Waals surface area contributed by atoms with Crippen LogP contribution in [0.2, 0.25) is 10.0 Å². The highest BCUT2D eigenvalue weighted by Gasteiger charge is 2.29. The van der Waals surface area contributed by atoms with Crippen LogP contribution in [0.5, 0.6) is 5.75 Å².